The maximum absolute atomic E-state index is 12.7. The fourth-order valence-electron chi connectivity index (χ4n) is 4.56. The summed E-state index contributed by atoms with van der Waals surface area (Å²) in [5.74, 6) is 2.26. The lowest BCUT2D eigenvalue weighted by atomic mass is 9.97. The van der Waals surface area contributed by atoms with Crippen molar-refractivity contribution in [2.45, 2.75) is 32.6 Å². The highest BCUT2D eigenvalue weighted by molar-refractivity contribution is 6.02. The third-order valence-electron chi connectivity index (χ3n) is 6.57. The number of amides is 2. The zero-order chi connectivity index (χ0) is 27.8. The van der Waals surface area contributed by atoms with Crippen molar-refractivity contribution in [3.63, 3.8) is 0 Å². The number of hydrogen-bond donors (Lipinski definition) is 4. The number of benzene rings is 2. The van der Waals surface area contributed by atoms with E-state index in [2.05, 4.69) is 26.3 Å². The second-order valence-electron chi connectivity index (χ2n) is 9.40. The van der Waals surface area contributed by atoms with Crippen molar-refractivity contribution in [1.29, 1.82) is 0 Å². The molecule has 4 rings (SSSR count). The van der Waals surface area contributed by atoms with Crippen LogP contribution in [0.1, 0.15) is 47.2 Å². The van der Waals surface area contributed by atoms with Crippen molar-refractivity contribution in [3.8, 4) is 17.1 Å². The zero-order valence-corrected chi connectivity index (χ0v) is 22.5. The van der Waals surface area contributed by atoms with Gasteiger partial charge in [0.25, 0.3) is 0 Å². The summed E-state index contributed by atoms with van der Waals surface area (Å²) in [5, 5.41) is 12.3. The van der Waals surface area contributed by atoms with E-state index in [-0.39, 0.29) is 29.9 Å². The number of carbonyl (C=O) groups excluding carboxylic acids is 3. The molecule has 204 valence electrons. The Morgan fingerprint density at radius 2 is 1.62 bits per heavy atom. The average molecular weight is 531 g/mol. The number of anilines is 2. The second-order valence-corrected chi connectivity index (χ2v) is 9.40. The zero-order valence-electron chi connectivity index (χ0n) is 22.5. The molecular weight excluding hydrogens is 496 g/mol. The highest BCUT2D eigenvalue weighted by atomic mass is 16.5. The number of methoxy groups -OCH3 is 1. The van der Waals surface area contributed by atoms with Gasteiger partial charge in [-0.25, -0.2) is 9.97 Å². The number of hydrogen-bond acceptors (Lipinski definition) is 8. The van der Waals surface area contributed by atoms with Gasteiger partial charge in [-0.15, -0.1) is 0 Å². The van der Waals surface area contributed by atoms with Gasteiger partial charge in [0.2, 0.25) is 11.8 Å². The number of Topliss-reactive ketones (excluding diaryl/α,β-unsaturated/α-hetero) is 1. The molecule has 1 aliphatic rings. The normalized spacial score (nSPS) is 13.9. The van der Waals surface area contributed by atoms with Gasteiger partial charge in [-0.2, -0.15) is 0 Å². The Labute approximate surface area is 228 Å². The Balaban J connectivity index is 1.36. The first-order chi connectivity index (χ1) is 18.9. The molecule has 2 amide bonds. The van der Waals surface area contributed by atoms with E-state index >= 15 is 0 Å². The lowest BCUT2D eigenvalue weighted by molar-refractivity contribution is -0.121. The van der Waals surface area contributed by atoms with Crippen molar-refractivity contribution in [3.05, 3.63) is 65.2 Å². The molecule has 10 heteroatoms. The molecule has 0 bridgehead atoms. The molecule has 0 fully saturated rings. The minimum Gasteiger partial charge on any atom is -0.497 e. The largest absolute Gasteiger partial charge is 0.497 e. The van der Waals surface area contributed by atoms with E-state index in [9.17, 15) is 14.4 Å². The summed E-state index contributed by atoms with van der Waals surface area (Å²) in [6.45, 7) is 5.22. The number of ketones is 1. The van der Waals surface area contributed by atoms with Gasteiger partial charge in [-0.1, -0.05) is 30.3 Å². The molecule has 0 aliphatic heterocycles. The number of fused-ring (bicyclic) bond motifs is 1. The van der Waals surface area contributed by atoms with Crippen LogP contribution in [0.5, 0.6) is 5.75 Å². The molecule has 1 unspecified atom stereocenters. The number of carbonyl (C=O) groups is 3. The fraction of sp³-hybridized carbons (Fsp3) is 0.345. The van der Waals surface area contributed by atoms with Gasteiger partial charge in [-0.05, 0) is 30.7 Å². The van der Waals surface area contributed by atoms with Crippen LogP contribution < -0.4 is 26.0 Å². The summed E-state index contributed by atoms with van der Waals surface area (Å²) in [7, 11) is 1.58. The van der Waals surface area contributed by atoms with E-state index in [0.29, 0.717) is 61.4 Å². The SMILES string of the molecule is COc1ccc2c(c1)C(CC(=O)NCCNc1nc(-c3ccccc3)nc(NCCNC(C)=O)c1C)CC2=O. The highest BCUT2D eigenvalue weighted by Crippen LogP contribution is 2.37. The van der Waals surface area contributed by atoms with E-state index in [4.69, 9.17) is 9.72 Å². The lowest BCUT2D eigenvalue weighted by Gasteiger charge is -2.16. The topological polar surface area (TPSA) is 134 Å². The van der Waals surface area contributed by atoms with Crippen LogP contribution in [0.4, 0.5) is 11.6 Å². The molecule has 0 saturated carbocycles. The number of rotatable bonds is 12. The second kappa shape index (κ2) is 12.9. The van der Waals surface area contributed by atoms with Gasteiger partial charge in [-0.3, -0.25) is 14.4 Å². The summed E-state index contributed by atoms with van der Waals surface area (Å²) in [4.78, 5) is 45.6. The standard InChI is InChI=1S/C29H34N6O4/c1-18-27(32-13-11-30-19(2)36)34-29(20-7-5-4-6-8-20)35-28(18)33-14-12-31-26(38)16-21-15-25(37)23-10-9-22(39-3)17-24(21)23/h4-10,17,21H,11-16H2,1-3H3,(H,30,36)(H,31,38)(H2,32,33,34,35). The van der Waals surface area contributed by atoms with Crippen molar-refractivity contribution in [2.24, 2.45) is 0 Å². The molecule has 0 spiro atoms. The molecule has 1 heterocycles. The summed E-state index contributed by atoms with van der Waals surface area (Å²) >= 11 is 0. The van der Waals surface area contributed by atoms with Crippen LogP contribution in [0.3, 0.4) is 0 Å². The third kappa shape index (κ3) is 7.10. The molecule has 39 heavy (non-hydrogen) atoms. The van der Waals surface area contributed by atoms with Gasteiger partial charge in [0, 0.05) is 68.6 Å². The average Bonchev–Trinajstić information content (AvgIpc) is 3.24. The Hall–Kier alpha value is -4.47. The fourth-order valence-corrected chi connectivity index (χ4v) is 4.56. The number of nitrogens with zero attached hydrogens (tertiary/aromatic N) is 2. The summed E-state index contributed by atoms with van der Waals surface area (Å²) in [6, 6.07) is 15.1. The van der Waals surface area contributed by atoms with Crippen LogP contribution in [-0.2, 0) is 9.59 Å². The van der Waals surface area contributed by atoms with Gasteiger partial charge < -0.3 is 26.0 Å². The predicted octanol–water partition coefficient (Wildman–Crippen LogP) is 3.30. The van der Waals surface area contributed by atoms with E-state index < -0.39 is 0 Å². The molecule has 0 radical (unpaired) electrons. The van der Waals surface area contributed by atoms with Crippen molar-refractivity contribution in [2.75, 3.05) is 43.9 Å². The Kier molecular flexibility index (Phi) is 9.09. The molecule has 1 aliphatic carbocycles. The van der Waals surface area contributed by atoms with Crippen LogP contribution in [0, 0.1) is 6.92 Å². The van der Waals surface area contributed by atoms with Crippen molar-refractivity contribution in [1.82, 2.24) is 20.6 Å². The Morgan fingerprint density at radius 1 is 0.949 bits per heavy atom. The van der Waals surface area contributed by atoms with Crippen molar-refractivity contribution < 1.29 is 19.1 Å². The van der Waals surface area contributed by atoms with Gasteiger partial charge >= 0.3 is 0 Å². The number of aromatic nitrogens is 2. The van der Waals surface area contributed by atoms with E-state index in [1.54, 1.807) is 19.2 Å². The molecule has 2 aromatic carbocycles. The maximum Gasteiger partial charge on any atom is 0.220 e. The third-order valence-corrected chi connectivity index (χ3v) is 6.57. The molecular formula is C29H34N6O4. The Bertz CT molecular complexity index is 1350. The quantitative estimate of drug-likeness (QED) is 0.262. The first-order valence-electron chi connectivity index (χ1n) is 13.0. The summed E-state index contributed by atoms with van der Waals surface area (Å²) in [6.07, 6.45) is 0.563. The van der Waals surface area contributed by atoms with Gasteiger partial charge in [0.15, 0.2) is 11.6 Å². The van der Waals surface area contributed by atoms with Crippen LogP contribution in [0.15, 0.2) is 48.5 Å². The van der Waals surface area contributed by atoms with Crippen LogP contribution in [0.25, 0.3) is 11.4 Å². The van der Waals surface area contributed by atoms with E-state index in [1.807, 2.05) is 43.3 Å². The summed E-state index contributed by atoms with van der Waals surface area (Å²) in [5.41, 5.74) is 3.25. The molecule has 1 atom stereocenters. The number of ether oxygens (including phenoxy) is 1. The first kappa shape index (κ1) is 27.6. The number of nitrogens with one attached hydrogen (secondary N) is 4. The lowest BCUT2D eigenvalue weighted by Crippen LogP contribution is -2.30. The molecule has 10 nitrogen and oxygen atoms in total. The highest BCUT2D eigenvalue weighted by Gasteiger charge is 2.31. The monoisotopic (exact) mass is 530 g/mol. The smallest absolute Gasteiger partial charge is 0.220 e. The van der Waals surface area contributed by atoms with E-state index in [1.165, 1.54) is 6.92 Å². The Morgan fingerprint density at radius 3 is 2.26 bits per heavy atom. The van der Waals surface area contributed by atoms with Gasteiger partial charge in [0.05, 0.1) is 7.11 Å². The summed E-state index contributed by atoms with van der Waals surface area (Å²) < 4.78 is 5.29. The predicted molar refractivity (Wildman–Crippen MR) is 150 cm³/mol. The minimum atomic E-state index is -0.153. The molecule has 0 saturated heterocycles. The first-order valence-corrected chi connectivity index (χ1v) is 13.0. The van der Waals surface area contributed by atoms with Gasteiger partial charge in [0.1, 0.15) is 17.4 Å². The molecule has 1 aromatic heterocycles. The van der Waals surface area contributed by atoms with Crippen LogP contribution in [0.2, 0.25) is 0 Å². The van der Waals surface area contributed by atoms with Crippen LogP contribution in [-0.4, -0.2) is 60.9 Å². The minimum absolute atomic E-state index is 0.0575. The van der Waals surface area contributed by atoms with Crippen LogP contribution >= 0.6 is 0 Å². The molecule has 3 aromatic rings. The van der Waals surface area contributed by atoms with Crippen molar-refractivity contribution >= 4 is 29.2 Å². The van der Waals surface area contributed by atoms with E-state index in [0.717, 1.165) is 16.7 Å². The maximum atomic E-state index is 12.7. The molecule has 4 N–H and O–H groups in total.